The maximum absolute atomic E-state index is 12.7. The van der Waals surface area contributed by atoms with Crippen molar-refractivity contribution in [3.05, 3.63) is 40.9 Å². The molecule has 2 rings (SSSR count). The lowest BCUT2D eigenvalue weighted by Crippen LogP contribution is -2.06. The van der Waals surface area contributed by atoms with E-state index < -0.39 is 17.4 Å². The van der Waals surface area contributed by atoms with Crippen LogP contribution in [0, 0.1) is 6.92 Å². The van der Waals surface area contributed by atoms with Gasteiger partial charge in [-0.2, -0.15) is 36.4 Å². The highest BCUT2D eigenvalue weighted by molar-refractivity contribution is 8.02. The Morgan fingerprint density at radius 3 is 2.37 bits per heavy atom. The molecule has 0 saturated heterocycles. The average molecular weight is 413 g/mol. The van der Waals surface area contributed by atoms with E-state index in [-0.39, 0.29) is 36.0 Å². The maximum Gasteiger partial charge on any atom is 0.445 e. The number of nitrogens with zero attached hydrogens (tertiary/aromatic N) is 3. The first-order valence-corrected chi connectivity index (χ1v) is 8.12. The van der Waals surface area contributed by atoms with E-state index in [1.165, 1.54) is 19.2 Å². The second-order valence-electron chi connectivity index (χ2n) is 5.16. The minimum absolute atomic E-state index is 0.0460. The number of pyridine rings is 1. The molecule has 0 bridgehead atoms. The van der Waals surface area contributed by atoms with E-state index in [4.69, 9.17) is 9.47 Å². The monoisotopic (exact) mass is 413 g/mol. The standard InChI is InChI=1S/C15H13F6N3O2S/c1-9-6-11(25-4-3-5-27-15(19,20)21)22-12(7-9)26-13-8-10(14(16,17)18)23-24(13)2/h3,5-8H,4H2,1-2H3. The molecule has 27 heavy (non-hydrogen) atoms. The van der Waals surface area contributed by atoms with Gasteiger partial charge in [0.15, 0.2) is 5.69 Å². The van der Waals surface area contributed by atoms with Gasteiger partial charge in [-0.1, -0.05) is 0 Å². The van der Waals surface area contributed by atoms with Crippen molar-refractivity contribution in [3.63, 3.8) is 0 Å². The minimum atomic E-state index is -4.62. The van der Waals surface area contributed by atoms with Crippen molar-refractivity contribution in [2.75, 3.05) is 6.61 Å². The Labute approximate surface area is 154 Å². The molecule has 12 heteroatoms. The lowest BCUT2D eigenvalue weighted by atomic mass is 10.3. The average Bonchev–Trinajstić information content (AvgIpc) is 2.86. The summed E-state index contributed by atoms with van der Waals surface area (Å²) in [5, 5.41) is 4.15. The molecule has 148 valence electrons. The normalized spacial score (nSPS) is 12.6. The van der Waals surface area contributed by atoms with Gasteiger partial charge >= 0.3 is 11.7 Å². The zero-order valence-corrected chi connectivity index (χ0v) is 14.7. The Balaban J connectivity index is 2.06. The molecule has 0 aromatic carbocycles. The topological polar surface area (TPSA) is 49.2 Å². The largest absolute Gasteiger partial charge is 0.473 e. The summed E-state index contributed by atoms with van der Waals surface area (Å²) in [6.07, 6.45) is -3.46. The van der Waals surface area contributed by atoms with Crippen molar-refractivity contribution in [1.29, 1.82) is 0 Å². The third-order valence-corrected chi connectivity index (χ3v) is 3.48. The number of aromatic nitrogens is 3. The molecule has 2 aromatic heterocycles. The predicted molar refractivity (Wildman–Crippen MR) is 85.5 cm³/mol. The van der Waals surface area contributed by atoms with Crippen LogP contribution in [0.2, 0.25) is 0 Å². The van der Waals surface area contributed by atoms with Crippen LogP contribution in [0.4, 0.5) is 26.3 Å². The first-order chi connectivity index (χ1) is 12.4. The van der Waals surface area contributed by atoms with Gasteiger partial charge < -0.3 is 9.47 Å². The highest BCUT2D eigenvalue weighted by Crippen LogP contribution is 2.32. The van der Waals surface area contributed by atoms with Crippen LogP contribution in [0.15, 0.2) is 29.7 Å². The first-order valence-electron chi connectivity index (χ1n) is 7.24. The van der Waals surface area contributed by atoms with Crippen LogP contribution in [0.1, 0.15) is 11.3 Å². The number of alkyl halides is 6. The summed E-state index contributed by atoms with van der Waals surface area (Å²) in [7, 11) is 1.28. The summed E-state index contributed by atoms with van der Waals surface area (Å²) >= 11 is -0.325. The van der Waals surface area contributed by atoms with E-state index in [2.05, 4.69) is 10.1 Å². The summed E-state index contributed by atoms with van der Waals surface area (Å²) in [4.78, 5) is 3.96. The summed E-state index contributed by atoms with van der Waals surface area (Å²) < 4.78 is 85.4. The number of halogens is 6. The molecule has 0 atom stereocenters. The van der Waals surface area contributed by atoms with Gasteiger partial charge in [0.1, 0.15) is 6.61 Å². The molecular weight excluding hydrogens is 400 g/mol. The zero-order chi connectivity index (χ0) is 20.2. The third kappa shape index (κ3) is 6.70. The minimum Gasteiger partial charge on any atom is -0.473 e. The molecule has 0 aliphatic carbocycles. The second-order valence-corrected chi connectivity index (χ2v) is 6.13. The summed E-state index contributed by atoms with van der Waals surface area (Å²) in [6.45, 7) is 1.49. The molecular formula is C15H13F6N3O2S. The van der Waals surface area contributed by atoms with Crippen molar-refractivity contribution in [2.45, 2.75) is 18.6 Å². The zero-order valence-electron chi connectivity index (χ0n) is 13.9. The van der Waals surface area contributed by atoms with Gasteiger partial charge in [-0.05, 0) is 35.7 Å². The Morgan fingerprint density at radius 1 is 1.11 bits per heavy atom. The number of ether oxygens (including phenoxy) is 2. The lowest BCUT2D eigenvalue weighted by molar-refractivity contribution is -0.141. The van der Waals surface area contributed by atoms with Crippen LogP contribution < -0.4 is 9.47 Å². The number of hydrogen-bond acceptors (Lipinski definition) is 5. The van der Waals surface area contributed by atoms with Crippen molar-refractivity contribution < 1.29 is 35.8 Å². The van der Waals surface area contributed by atoms with Crippen LogP contribution in [-0.2, 0) is 13.2 Å². The van der Waals surface area contributed by atoms with E-state index in [0.29, 0.717) is 5.56 Å². The number of thioether (sulfide) groups is 1. The van der Waals surface area contributed by atoms with Gasteiger partial charge in [-0.15, -0.1) is 0 Å². The van der Waals surface area contributed by atoms with E-state index in [0.717, 1.165) is 22.2 Å². The van der Waals surface area contributed by atoms with Crippen molar-refractivity contribution in [1.82, 2.24) is 14.8 Å². The van der Waals surface area contributed by atoms with Gasteiger partial charge in [-0.25, -0.2) is 4.68 Å². The number of rotatable bonds is 6. The van der Waals surface area contributed by atoms with E-state index >= 15 is 0 Å². The first kappa shape index (κ1) is 20.9. The van der Waals surface area contributed by atoms with Crippen LogP contribution >= 0.6 is 11.8 Å². The number of aryl methyl sites for hydroxylation is 2. The van der Waals surface area contributed by atoms with Crippen LogP contribution in [0.3, 0.4) is 0 Å². The lowest BCUT2D eigenvalue weighted by Gasteiger charge is -2.08. The molecule has 0 spiro atoms. The molecule has 0 saturated carbocycles. The Morgan fingerprint density at radius 2 is 1.78 bits per heavy atom. The maximum atomic E-state index is 12.7. The molecule has 2 aromatic rings. The molecule has 0 unspecified atom stereocenters. The van der Waals surface area contributed by atoms with Crippen molar-refractivity contribution >= 4 is 11.8 Å². The molecule has 0 fully saturated rings. The van der Waals surface area contributed by atoms with Gasteiger partial charge in [-0.3, -0.25) is 0 Å². The van der Waals surface area contributed by atoms with Gasteiger partial charge in [0.05, 0.1) is 0 Å². The molecule has 0 amide bonds. The molecule has 0 aliphatic rings. The Bertz CT molecular complexity index is 817. The summed E-state index contributed by atoms with van der Waals surface area (Å²) in [5.41, 5.74) is -4.87. The van der Waals surface area contributed by atoms with Crippen LogP contribution in [0.25, 0.3) is 0 Å². The summed E-state index contributed by atoms with van der Waals surface area (Å²) in [5.74, 6) is -0.187. The van der Waals surface area contributed by atoms with Crippen molar-refractivity contribution in [3.8, 4) is 17.6 Å². The Kier molecular flexibility index (Phi) is 6.29. The Hall–Kier alpha value is -2.37. The fraction of sp³-hybridized carbons (Fsp3) is 0.333. The van der Waals surface area contributed by atoms with Gasteiger partial charge in [0.25, 0.3) is 0 Å². The molecule has 0 radical (unpaired) electrons. The fourth-order valence-electron chi connectivity index (χ4n) is 1.82. The van der Waals surface area contributed by atoms with E-state index in [1.807, 2.05) is 0 Å². The fourth-order valence-corrected chi connectivity index (χ4v) is 2.15. The quantitative estimate of drug-likeness (QED) is 0.618. The summed E-state index contributed by atoms with van der Waals surface area (Å²) in [6, 6.07) is 3.69. The smallest absolute Gasteiger partial charge is 0.445 e. The van der Waals surface area contributed by atoms with Crippen LogP contribution in [0.5, 0.6) is 17.6 Å². The molecule has 0 aliphatic heterocycles. The molecule has 2 heterocycles. The van der Waals surface area contributed by atoms with Gasteiger partial charge in [0.2, 0.25) is 17.6 Å². The highest BCUT2D eigenvalue weighted by Gasteiger charge is 2.35. The predicted octanol–water partition coefficient (Wildman–Crippen LogP) is 5.08. The molecule has 5 nitrogen and oxygen atoms in total. The van der Waals surface area contributed by atoms with Gasteiger partial charge in [0, 0.05) is 25.2 Å². The van der Waals surface area contributed by atoms with Crippen molar-refractivity contribution in [2.24, 2.45) is 7.05 Å². The second kappa shape index (κ2) is 8.11. The van der Waals surface area contributed by atoms with E-state index in [1.54, 1.807) is 6.92 Å². The van der Waals surface area contributed by atoms with Crippen LogP contribution in [-0.4, -0.2) is 26.9 Å². The molecule has 0 N–H and O–H groups in total. The van der Waals surface area contributed by atoms with E-state index in [9.17, 15) is 26.3 Å². The highest BCUT2D eigenvalue weighted by atomic mass is 32.2. The third-order valence-electron chi connectivity index (χ3n) is 2.88. The SMILES string of the molecule is Cc1cc(OCC=CSC(F)(F)F)nc(Oc2cc(C(F)(F)F)nn2C)c1. The number of hydrogen-bond donors (Lipinski definition) is 0.